The molecule has 6 nitrogen and oxygen atoms in total. The molecule has 1 saturated heterocycles. The number of para-hydroxylation sites is 1. The maximum absolute atomic E-state index is 12.9. The molecule has 2 aromatic rings. The van der Waals surface area contributed by atoms with Gasteiger partial charge in [0.05, 0.1) is 11.6 Å². The lowest BCUT2D eigenvalue weighted by molar-refractivity contribution is -0.123. The zero-order valence-electron chi connectivity index (χ0n) is 13.9. The van der Waals surface area contributed by atoms with Gasteiger partial charge in [-0.3, -0.25) is 9.59 Å². The van der Waals surface area contributed by atoms with Crippen molar-refractivity contribution >= 4 is 29.0 Å². The molecule has 2 aliphatic rings. The van der Waals surface area contributed by atoms with Crippen LogP contribution in [-0.2, 0) is 9.59 Å². The Bertz CT molecular complexity index is 815. The first kappa shape index (κ1) is 15.6. The van der Waals surface area contributed by atoms with E-state index >= 15 is 0 Å². The third kappa shape index (κ3) is 3.07. The number of amides is 2. The van der Waals surface area contributed by atoms with E-state index in [-0.39, 0.29) is 18.2 Å². The second-order valence-corrected chi connectivity index (χ2v) is 6.45. The van der Waals surface area contributed by atoms with E-state index < -0.39 is 5.92 Å². The molecular weight excluding hydrogens is 316 g/mol. The SMILES string of the molecule is O=C1C[C@H](C(=O)Nc2cccnc2N2CCCC2)c2ccccc2N1. The van der Waals surface area contributed by atoms with Crippen molar-refractivity contribution in [3.05, 3.63) is 48.2 Å². The summed E-state index contributed by atoms with van der Waals surface area (Å²) in [6.07, 6.45) is 4.18. The summed E-state index contributed by atoms with van der Waals surface area (Å²) in [6, 6.07) is 11.1. The molecule has 2 N–H and O–H groups in total. The molecule has 0 saturated carbocycles. The predicted molar refractivity (Wildman–Crippen MR) is 96.7 cm³/mol. The Hall–Kier alpha value is -2.89. The van der Waals surface area contributed by atoms with Gasteiger partial charge >= 0.3 is 0 Å². The standard InChI is InChI=1S/C19H20N4O2/c24-17-12-14(13-6-1-2-7-15(13)21-17)19(25)22-16-8-5-9-20-18(16)23-10-3-4-11-23/h1-2,5-9,14H,3-4,10-12H2,(H,21,24)(H,22,25)/t14-/m0/s1. The highest BCUT2D eigenvalue weighted by atomic mass is 16.2. The predicted octanol–water partition coefficient (Wildman–Crippen LogP) is 2.75. The minimum atomic E-state index is -0.489. The molecule has 4 rings (SSSR count). The lowest BCUT2D eigenvalue weighted by atomic mass is 9.90. The van der Waals surface area contributed by atoms with E-state index in [1.165, 1.54) is 0 Å². The first-order valence-corrected chi connectivity index (χ1v) is 8.62. The van der Waals surface area contributed by atoms with E-state index in [4.69, 9.17) is 0 Å². The van der Waals surface area contributed by atoms with Crippen molar-refractivity contribution in [2.24, 2.45) is 0 Å². The van der Waals surface area contributed by atoms with Crippen LogP contribution in [0.4, 0.5) is 17.2 Å². The number of fused-ring (bicyclic) bond motifs is 1. The Morgan fingerprint density at radius 2 is 1.96 bits per heavy atom. The zero-order valence-corrected chi connectivity index (χ0v) is 13.9. The molecule has 1 aromatic heterocycles. The molecule has 1 aromatic carbocycles. The second kappa shape index (κ2) is 6.55. The largest absolute Gasteiger partial charge is 0.355 e. The van der Waals surface area contributed by atoms with Gasteiger partial charge in [0, 0.05) is 31.4 Å². The third-order valence-corrected chi connectivity index (χ3v) is 4.77. The van der Waals surface area contributed by atoms with E-state index in [0.717, 1.165) is 37.3 Å². The van der Waals surface area contributed by atoms with Crippen LogP contribution in [0.1, 0.15) is 30.7 Å². The molecule has 0 unspecified atom stereocenters. The first-order chi connectivity index (χ1) is 12.2. The number of aromatic nitrogens is 1. The third-order valence-electron chi connectivity index (χ3n) is 4.77. The number of anilines is 3. The van der Waals surface area contributed by atoms with Gasteiger partial charge in [-0.2, -0.15) is 0 Å². The van der Waals surface area contributed by atoms with E-state index in [9.17, 15) is 9.59 Å². The fourth-order valence-electron chi connectivity index (χ4n) is 3.54. The Morgan fingerprint density at radius 1 is 1.16 bits per heavy atom. The van der Waals surface area contributed by atoms with Crippen LogP contribution in [0, 0.1) is 0 Å². The highest BCUT2D eigenvalue weighted by molar-refractivity contribution is 6.05. The van der Waals surface area contributed by atoms with Crippen molar-refractivity contribution in [3.8, 4) is 0 Å². The summed E-state index contributed by atoms with van der Waals surface area (Å²) in [6.45, 7) is 1.91. The lowest BCUT2D eigenvalue weighted by Crippen LogP contribution is -2.31. The molecule has 25 heavy (non-hydrogen) atoms. The van der Waals surface area contributed by atoms with Gasteiger partial charge in [-0.25, -0.2) is 4.98 Å². The van der Waals surface area contributed by atoms with E-state index in [1.54, 1.807) is 6.20 Å². The van der Waals surface area contributed by atoms with Crippen LogP contribution in [0.2, 0.25) is 0 Å². The molecule has 128 valence electrons. The van der Waals surface area contributed by atoms with Crippen LogP contribution in [0.3, 0.4) is 0 Å². The van der Waals surface area contributed by atoms with E-state index in [1.807, 2.05) is 36.4 Å². The van der Waals surface area contributed by atoms with Crippen molar-refractivity contribution in [1.29, 1.82) is 0 Å². The Kier molecular flexibility index (Phi) is 4.09. The highest BCUT2D eigenvalue weighted by Gasteiger charge is 2.31. The van der Waals surface area contributed by atoms with E-state index in [2.05, 4.69) is 20.5 Å². The monoisotopic (exact) mass is 336 g/mol. The summed E-state index contributed by atoms with van der Waals surface area (Å²) in [5, 5.41) is 5.82. The maximum Gasteiger partial charge on any atom is 0.232 e. The van der Waals surface area contributed by atoms with Crippen molar-refractivity contribution in [2.45, 2.75) is 25.2 Å². The van der Waals surface area contributed by atoms with Crippen LogP contribution in [-0.4, -0.2) is 29.9 Å². The second-order valence-electron chi connectivity index (χ2n) is 6.45. The number of nitrogens with zero attached hydrogens (tertiary/aromatic N) is 2. The van der Waals surface area contributed by atoms with Gasteiger partial charge in [0.15, 0.2) is 5.82 Å². The summed E-state index contributed by atoms with van der Waals surface area (Å²) in [7, 11) is 0. The van der Waals surface area contributed by atoms with Gasteiger partial charge in [-0.15, -0.1) is 0 Å². The summed E-state index contributed by atoms with van der Waals surface area (Å²) >= 11 is 0. The molecular formula is C19H20N4O2. The fraction of sp³-hybridized carbons (Fsp3) is 0.316. The number of nitrogens with one attached hydrogen (secondary N) is 2. The molecule has 1 atom stereocenters. The van der Waals surface area contributed by atoms with Crippen molar-refractivity contribution in [2.75, 3.05) is 28.6 Å². The molecule has 0 radical (unpaired) electrons. The lowest BCUT2D eigenvalue weighted by Gasteiger charge is -2.26. The highest BCUT2D eigenvalue weighted by Crippen LogP contribution is 2.34. The molecule has 2 aliphatic heterocycles. The van der Waals surface area contributed by atoms with Crippen molar-refractivity contribution < 1.29 is 9.59 Å². The van der Waals surface area contributed by atoms with Gasteiger partial charge in [-0.1, -0.05) is 18.2 Å². The number of hydrogen-bond donors (Lipinski definition) is 2. The molecule has 2 amide bonds. The average molecular weight is 336 g/mol. The van der Waals surface area contributed by atoms with Gasteiger partial charge in [0.2, 0.25) is 11.8 Å². The quantitative estimate of drug-likeness (QED) is 0.904. The smallest absolute Gasteiger partial charge is 0.232 e. The number of hydrogen-bond acceptors (Lipinski definition) is 4. The minimum Gasteiger partial charge on any atom is -0.355 e. The van der Waals surface area contributed by atoms with Gasteiger partial charge in [0.1, 0.15) is 0 Å². The van der Waals surface area contributed by atoms with Crippen LogP contribution >= 0.6 is 0 Å². The molecule has 0 spiro atoms. The van der Waals surface area contributed by atoms with E-state index in [0.29, 0.717) is 11.4 Å². The maximum atomic E-state index is 12.9. The molecule has 0 aliphatic carbocycles. The zero-order chi connectivity index (χ0) is 17.2. The Balaban J connectivity index is 1.60. The van der Waals surface area contributed by atoms with Gasteiger partial charge in [0.25, 0.3) is 0 Å². The fourth-order valence-corrected chi connectivity index (χ4v) is 3.54. The van der Waals surface area contributed by atoms with Crippen LogP contribution < -0.4 is 15.5 Å². The molecule has 1 fully saturated rings. The number of pyridine rings is 1. The van der Waals surface area contributed by atoms with Crippen LogP contribution in [0.25, 0.3) is 0 Å². The van der Waals surface area contributed by atoms with Gasteiger partial charge in [-0.05, 0) is 36.6 Å². The minimum absolute atomic E-state index is 0.134. The van der Waals surface area contributed by atoms with Gasteiger partial charge < -0.3 is 15.5 Å². The topological polar surface area (TPSA) is 74.3 Å². The van der Waals surface area contributed by atoms with Crippen molar-refractivity contribution in [1.82, 2.24) is 4.98 Å². The number of carbonyl (C=O) groups is 2. The summed E-state index contributed by atoms with van der Waals surface area (Å²) in [5.41, 5.74) is 2.27. The first-order valence-electron chi connectivity index (χ1n) is 8.62. The average Bonchev–Trinajstić information content (AvgIpc) is 3.16. The summed E-state index contributed by atoms with van der Waals surface area (Å²) < 4.78 is 0. The Morgan fingerprint density at radius 3 is 2.80 bits per heavy atom. The molecule has 3 heterocycles. The number of rotatable bonds is 3. The molecule has 6 heteroatoms. The Labute approximate surface area is 146 Å². The van der Waals surface area contributed by atoms with Crippen LogP contribution in [0.15, 0.2) is 42.6 Å². The summed E-state index contributed by atoms with van der Waals surface area (Å²) in [5.74, 6) is 0.0130. The van der Waals surface area contributed by atoms with Crippen LogP contribution in [0.5, 0.6) is 0 Å². The normalized spacial score (nSPS) is 19.3. The molecule has 0 bridgehead atoms. The summed E-state index contributed by atoms with van der Waals surface area (Å²) in [4.78, 5) is 31.5. The van der Waals surface area contributed by atoms with Crippen molar-refractivity contribution in [3.63, 3.8) is 0 Å². The number of benzene rings is 1. The number of carbonyl (C=O) groups excluding carboxylic acids is 2.